The Morgan fingerprint density at radius 2 is 1.87 bits per heavy atom. The van der Waals surface area contributed by atoms with Crippen LogP contribution < -0.4 is 5.32 Å². The second-order valence-corrected chi connectivity index (χ2v) is 5.37. The van der Waals surface area contributed by atoms with Gasteiger partial charge in [0.1, 0.15) is 11.5 Å². The number of hydrogen-bond donors (Lipinski definition) is 1. The number of aromatic nitrogens is 2. The van der Waals surface area contributed by atoms with Crippen LogP contribution in [0.15, 0.2) is 45.3 Å². The highest BCUT2D eigenvalue weighted by Crippen LogP contribution is 2.19. The zero-order valence-corrected chi connectivity index (χ0v) is 13.2. The summed E-state index contributed by atoms with van der Waals surface area (Å²) in [6, 6.07) is 10.6. The molecule has 6 nitrogen and oxygen atoms in total. The van der Waals surface area contributed by atoms with Crippen molar-refractivity contribution in [3.8, 4) is 11.5 Å². The third kappa shape index (κ3) is 3.31. The molecule has 0 saturated carbocycles. The van der Waals surface area contributed by atoms with E-state index in [0.717, 1.165) is 17.1 Å². The molecule has 118 valence electrons. The second-order valence-electron chi connectivity index (χ2n) is 5.37. The van der Waals surface area contributed by atoms with Gasteiger partial charge in [0.15, 0.2) is 5.82 Å². The van der Waals surface area contributed by atoms with Crippen LogP contribution >= 0.6 is 0 Å². The highest BCUT2D eigenvalue weighted by molar-refractivity contribution is 5.94. The lowest BCUT2D eigenvalue weighted by Crippen LogP contribution is -2.26. The fourth-order valence-corrected chi connectivity index (χ4v) is 2.22. The molecule has 1 N–H and O–H groups in total. The van der Waals surface area contributed by atoms with E-state index in [1.165, 1.54) is 0 Å². The second kappa shape index (κ2) is 6.08. The topological polar surface area (TPSA) is 81.2 Å². The number of hydrogen-bond acceptors (Lipinski definition) is 5. The van der Waals surface area contributed by atoms with Gasteiger partial charge in [-0.1, -0.05) is 5.16 Å². The van der Waals surface area contributed by atoms with Crippen molar-refractivity contribution in [3.05, 3.63) is 59.3 Å². The first-order valence-corrected chi connectivity index (χ1v) is 7.31. The highest BCUT2D eigenvalue weighted by atomic mass is 16.5. The summed E-state index contributed by atoms with van der Waals surface area (Å²) in [6.45, 7) is 5.51. The van der Waals surface area contributed by atoms with Crippen LogP contribution in [0.3, 0.4) is 0 Å². The van der Waals surface area contributed by atoms with Gasteiger partial charge in [0.2, 0.25) is 0 Å². The van der Waals surface area contributed by atoms with Gasteiger partial charge in [-0.2, -0.15) is 4.98 Å². The monoisotopic (exact) mass is 311 g/mol. The summed E-state index contributed by atoms with van der Waals surface area (Å²) in [6.07, 6.45) is 0. The largest absolute Gasteiger partial charge is 0.464 e. The van der Waals surface area contributed by atoms with Crippen molar-refractivity contribution in [2.24, 2.45) is 0 Å². The fourth-order valence-electron chi connectivity index (χ4n) is 2.22. The first-order valence-electron chi connectivity index (χ1n) is 7.31. The smallest absolute Gasteiger partial charge is 0.257 e. The summed E-state index contributed by atoms with van der Waals surface area (Å²) in [5, 5.41) is 6.65. The molecule has 0 spiro atoms. The van der Waals surface area contributed by atoms with Gasteiger partial charge in [-0.05, 0) is 57.2 Å². The van der Waals surface area contributed by atoms with Crippen LogP contribution in [0.2, 0.25) is 0 Å². The van der Waals surface area contributed by atoms with Crippen molar-refractivity contribution < 1.29 is 13.7 Å². The van der Waals surface area contributed by atoms with E-state index >= 15 is 0 Å². The normalized spacial score (nSPS) is 12.1. The number of carbonyl (C=O) groups excluding carboxylic acids is 1. The number of aryl methyl sites for hydroxylation is 2. The number of furan rings is 1. The molecule has 23 heavy (non-hydrogen) atoms. The van der Waals surface area contributed by atoms with E-state index in [2.05, 4.69) is 15.5 Å². The van der Waals surface area contributed by atoms with Crippen molar-refractivity contribution >= 4 is 5.91 Å². The maximum absolute atomic E-state index is 12.3. The van der Waals surface area contributed by atoms with Gasteiger partial charge in [-0.3, -0.25) is 4.79 Å². The minimum atomic E-state index is -0.200. The molecule has 2 aromatic heterocycles. The van der Waals surface area contributed by atoms with E-state index in [1.807, 2.05) is 26.0 Å². The summed E-state index contributed by atoms with van der Waals surface area (Å²) in [5.74, 6) is 2.40. The molecule has 1 atom stereocenters. The Kier molecular flexibility index (Phi) is 3.97. The number of nitrogens with one attached hydrogen (secondary N) is 1. The molecule has 1 aromatic carbocycles. The molecule has 0 aliphatic carbocycles. The molecule has 2 heterocycles. The Hall–Kier alpha value is -2.89. The lowest BCUT2D eigenvalue weighted by Gasteiger charge is -2.11. The standard InChI is InChI=1S/C17H17N3O3/c1-10-4-9-15(22-10)11(2)18-16(21)13-5-7-14(8-6-13)17-19-12(3)20-23-17/h4-9,11H,1-3H3,(H,18,21). The highest BCUT2D eigenvalue weighted by Gasteiger charge is 2.14. The molecular formula is C17H17N3O3. The summed E-state index contributed by atoms with van der Waals surface area (Å²) >= 11 is 0. The Morgan fingerprint density at radius 1 is 1.13 bits per heavy atom. The van der Waals surface area contributed by atoms with Gasteiger partial charge >= 0.3 is 0 Å². The van der Waals surface area contributed by atoms with Crippen molar-refractivity contribution in [1.29, 1.82) is 0 Å². The number of benzene rings is 1. The van der Waals surface area contributed by atoms with Crippen molar-refractivity contribution in [3.63, 3.8) is 0 Å². The van der Waals surface area contributed by atoms with Crippen molar-refractivity contribution in [2.45, 2.75) is 26.8 Å². The van der Waals surface area contributed by atoms with Crippen LogP contribution in [0.4, 0.5) is 0 Å². The summed E-state index contributed by atoms with van der Waals surface area (Å²) in [7, 11) is 0. The van der Waals surface area contributed by atoms with E-state index in [4.69, 9.17) is 8.94 Å². The molecule has 3 aromatic rings. The first-order chi connectivity index (χ1) is 11.0. The molecule has 0 fully saturated rings. The predicted octanol–water partition coefficient (Wildman–Crippen LogP) is 3.44. The summed E-state index contributed by atoms with van der Waals surface area (Å²) in [5.41, 5.74) is 1.33. The van der Waals surface area contributed by atoms with Crippen LogP contribution in [-0.4, -0.2) is 16.0 Å². The third-order valence-corrected chi connectivity index (χ3v) is 3.46. The predicted molar refractivity (Wildman–Crippen MR) is 83.8 cm³/mol. The number of nitrogens with zero attached hydrogens (tertiary/aromatic N) is 2. The Balaban J connectivity index is 1.70. The molecule has 3 rings (SSSR count). The van der Waals surface area contributed by atoms with Crippen LogP contribution in [-0.2, 0) is 0 Å². The zero-order chi connectivity index (χ0) is 16.4. The van der Waals surface area contributed by atoms with E-state index < -0.39 is 0 Å². The number of carbonyl (C=O) groups is 1. The lowest BCUT2D eigenvalue weighted by atomic mass is 10.1. The van der Waals surface area contributed by atoms with Crippen LogP contribution in [0.5, 0.6) is 0 Å². The van der Waals surface area contributed by atoms with E-state index in [9.17, 15) is 4.79 Å². The number of amides is 1. The average molecular weight is 311 g/mol. The van der Waals surface area contributed by atoms with Gasteiger partial charge in [0, 0.05) is 11.1 Å². The van der Waals surface area contributed by atoms with Crippen molar-refractivity contribution in [2.75, 3.05) is 0 Å². The molecule has 0 bridgehead atoms. The molecule has 0 saturated heterocycles. The molecule has 6 heteroatoms. The van der Waals surface area contributed by atoms with Gasteiger partial charge in [-0.25, -0.2) is 0 Å². The molecule has 0 aliphatic rings. The van der Waals surface area contributed by atoms with Gasteiger partial charge in [0.25, 0.3) is 11.8 Å². The van der Waals surface area contributed by atoms with Gasteiger partial charge in [-0.15, -0.1) is 0 Å². The maximum atomic E-state index is 12.3. The molecule has 0 aliphatic heterocycles. The Morgan fingerprint density at radius 3 is 2.43 bits per heavy atom. The molecule has 0 radical (unpaired) electrons. The summed E-state index contributed by atoms with van der Waals surface area (Å²) in [4.78, 5) is 16.4. The number of rotatable bonds is 4. The molecule has 1 unspecified atom stereocenters. The van der Waals surface area contributed by atoms with E-state index in [0.29, 0.717) is 17.3 Å². The van der Waals surface area contributed by atoms with Crippen molar-refractivity contribution in [1.82, 2.24) is 15.5 Å². The minimum Gasteiger partial charge on any atom is -0.464 e. The first kappa shape index (κ1) is 15.0. The zero-order valence-electron chi connectivity index (χ0n) is 13.2. The molecular weight excluding hydrogens is 294 g/mol. The van der Waals surface area contributed by atoms with E-state index in [-0.39, 0.29) is 11.9 Å². The SMILES string of the molecule is Cc1noc(-c2ccc(C(=O)NC(C)c3ccc(C)o3)cc2)n1. The Labute approximate surface area is 133 Å². The fraction of sp³-hybridized carbons (Fsp3) is 0.235. The van der Waals surface area contributed by atoms with Crippen LogP contribution in [0.25, 0.3) is 11.5 Å². The van der Waals surface area contributed by atoms with Crippen LogP contribution in [0.1, 0.15) is 40.7 Å². The van der Waals surface area contributed by atoms with E-state index in [1.54, 1.807) is 31.2 Å². The average Bonchev–Trinajstić information content (AvgIpc) is 3.16. The third-order valence-electron chi connectivity index (χ3n) is 3.46. The van der Waals surface area contributed by atoms with Gasteiger partial charge < -0.3 is 14.3 Å². The molecule has 1 amide bonds. The van der Waals surface area contributed by atoms with Crippen LogP contribution in [0, 0.1) is 13.8 Å². The summed E-state index contributed by atoms with van der Waals surface area (Å²) < 4.78 is 10.6. The minimum absolute atomic E-state index is 0.167. The van der Waals surface area contributed by atoms with Gasteiger partial charge in [0.05, 0.1) is 6.04 Å². The maximum Gasteiger partial charge on any atom is 0.257 e. The Bertz CT molecular complexity index is 818. The lowest BCUT2D eigenvalue weighted by molar-refractivity contribution is 0.0935. The quantitative estimate of drug-likeness (QED) is 0.798.